The monoisotopic (exact) mass is 453 g/mol. The van der Waals surface area contributed by atoms with Crippen molar-refractivity contribution in [3.8, 4) is 11.8 Å². The maximum Gasteiger partial charge on any atom is 0.328 e. The number of likely N-dealkylation sites (N-methyl/N-ethyl adjacent to an activating group) is 1. The summed E-state index contributed by atoms with van der Waals surface area (Å²) in [5, 5.41) is 3.88. The number of thiazole rings is 1. The van der Waals surface area contributed by atoms with Gasteiger partial charge in [-0.2, -0.15) is 15.0 Å². The van der Waals surface area contributed by atoms with Gasteiger partial charge in [-0.3, -0.25) is 10.1 Å². The van der Waals surface area contributed by atoms with Gasteiger partial charge in [0.05, 0.1) is 0 Å². The number of aromatic nitrogens is 4. The second-order valence-electron chi connectivity index (χ2n) is 7.75. The third-order valence-corrected chi connectivity index (χ3v) is 5.99. The van der Waals surface area contributed by atoms with Gasteiger partial charge in [-0.05, 0) is 31.7 Å². The molecule has 0 atom stereocenters. The maximum absolute atomic E-state index is 11.7. The van der Waals surface area contributed by atoms with E-state index in [1.165, 1.54) is 11.3 Å². The molecule has 0 unspecified atom stereocenters. The molecule has 2 aromatic heterocycles. The quantitative estimate of drug-likeness (QED) is 0.550. The lowest BCUT2D eigenvalue weighted by Crippen LogP contribution is -2.45. The second-order valence-corrected chi connectivity index (χ2v) is 8.98. The number of nitrogens with zero attached hydrogens (tertiary/aromatic N) is 6. The third kappa shape index (κ3) is 5.77. The van der Waals surface area contributed by atoms with Crippen molar-refractivity contribution in [2.24, 2.45) is 0 Å². The number of hydrogen-bond acceptors (Lipinski definition) is 10. The van der Waals surface area contributed by atoms with E-state index in [1.54, 1.807) is 6.20 Å². The molecule has 3 heterocycles. The number of nitrogens with one attached hydrogen (secondary N) is 1. The van der Waals surface area contributed by atoms with Crippen molar-refractivity contribution in [3.63, 3.8) is 0 Å². The number of carbonyl (C=O) groups excluding carboxylic acids is 1. The highest BCUT2D eigenvalue weighted by atomic mass is 32.1. The zero-order valence-electron chi connectivity index (χ0n) is 18.5. The molecule has 1 aliphatic rings. The fraction of sp³-hybridized carbons (Fsp3) is 0.409. The minimum atomic E-state index is 0.209. The fourth-order valence-corrected chi connectivity index (χ4v) is 3.89. The number of piperazine rings is 1. The number of ether oxygens (including phenoxy) is 1. The van der Waals surface area contributed by atoms with E-state index in [2.05, 4.69) is 42.1 Å². The number of benzene rings is 1. The number of aryl methyl sites for hydroxylation is 1. The highest BCUT2D eigenvalue weighted by molar-refractivity contribution is 7.15. The first-order valence-corrected chi connectivity index (χ1v) is 11.5. The molecule has 0 bridgehead atoms. The normalized spacial score (nSPS) is 14.4. The van der Waals surface area contributed by atoms with Gasteiger partial charge < -0.3 is 14.5 Å². The minimum Gasteiger partial charge on any atom is -0.424 e. The summed E-state index contributed by atoms with van der Waals surface area (Å²) >= 11 is 1.53. The van der Waals surface area contributed by atoms with Crippen LogP contribution in [0.15, 0.2) is 30.5 Å². The van der Waals surface area contributed by atoms with Crippen LogP contribution in [-0.2, 0) is 11.2 Å². The zero-order valence-corrected chi connectivity index (χ0v) is 19.4. The molecule has 0 spiro atoms. The van der Waals surface area contributed by atoms with Crippen molar-refractivity contribution < 1.29 is 9.53 Å². The number of Topliss-reactive ketones (excluding diaryl/α,β-unsaturated/α-hetero) is 1. The molecule has 0 saturated carbocycles. The van der Waals surface area contributed by atoms with Crippen molar-refractivity contribution in [3.05, 3.63) is 40.9 Å². The van der Waals surface area contributed by atoms with Crippen LogP contribution in [0.4, 0.5) is 17.0 Å². The first kappa shape index (κ1) is 22.1. The van der Waals surface area contributed by atoms with Gasteiger partial charge in [0.1, 0.15) is 11.5 Å². The minimum absolute atomic E-state index is 0.209. The Morgan fingerprint density at radius 2 is 1.88 bits per heavy atom. The van der Waals surface area contributed by atoms with Gasteiger partial charge in [-0.1, -0.05) is 19.1 Å². The molecule has 9 nitrogen and oxygen atoms in total. The second kappa shape index (κ2) is 10.0. The van der Waals surface area contributed by atoms with E-state index >= 15 is 0 Å². The summed E-state index contributed by atoms with van der Waals surface area (Å²) in [6, 6.07) is 7.65. The molecule has 1 aliphatic heterocycles. The van der Waals surface area contributed by atoms with Crippen molar-refractivity contribution in [2.45, 2.75) is 26.7 Å². The Hall–Kier alpha value is -3.11. The van der Waals surface area contributed by atoms with E-state index in [1.807, 2.05) is 38.1 Å². The van der Waals surface area contributed by atoms with Gasteiger partial charge >= 0.3 is 6.01 Å². The van der Waals surface area contributed by atoms with Crippen LogP contribution in [0.3, 0.4) is 0 Å². The Kier molecular flexibility index (Phi) is 6.91. The smallest absolute Gasteiger partial charge is 0.328 e. The topological polar surface area (TPSA) is 96.4 Å². The van der Waals surface area contributed by atoms with Crippen molar-refractivity contribution in [2.75, 3.05) is 43.4 Å². The molecule has 32 heavy (non-hydrogen) atoms. The predicted molar refractivity (Wildman–Crippen MR) is 125 cm³/mol. The standard InChI is InChI=1S/C22H27N7O2S/c1-4-17(30)13-16-5-7-18(8-6-16)31-21-25-19(26-22-23-14-15(2)32-22)24-20(27-21)29-11-9-28(3)10-12-29/h5-8,14H,4,9-13H2,1-3H3,(H,23,24,25,26,27). The number of carbonyl (C=O) groups is 1. The fourth-order valence-electron chi connectivity index (χ4n) is 3.24. The number of rotatable bonds is 8. The van der Waals surface area contributed by atoms with Crippen LogP contribution in [0.25, 0.3) is 0 Å². The largest absolute Gasteiger partial charge is 0.424 e. The lowest BCUT2D eigenvalue weighted by Gasteiger charge is -2.32. The van der Waals surface area contributed by atoms with E-state index in [0.29, 0.717) is 35.6 Å². The Morgan fingerprint density at radius 1 is 1.12 bits per heavy atom. The van der Waals surface area contributed by atoms with Gasteiger partial charge in [0, 0.05) is 50.1 Å². The summed E-state index contributed by atoms with van der Waals surface area (Å²) in [7, 11) is 2.11. The van der Waals surface area contributed by atoms with Gasteiger partial charge in [0.15, 0.2) is 5.13 Å². The van der Waals surface area contributed by atoms with Gasteiger partial charge in [-0.25, -0.2) is 4.98 Å². The van der Waals surface area contributed by atoms with E-state index in [9.17, 15) is 4.79 Å². The first-order valence-electron chi connectivity index (χ1n) is 10.7. The Labute approximate surface area is 191 Å². The molecular formula is C22H27N7O2S. The van der Waals surface area contributed by atoms with Crippen LogP contribution in [0, 0.1) is 6.92 Å². The third-order valence-electron chi connectivity index (χ3n) is 5.16. The molecule has 4 rings (SSSR count). The Balaban J connectivity index is 1.56. The molecule has 1 N–H and O–H groups in total. The van der Waals surface area contributed by atoms with Crippen LogP contribution < -0.4 is 15.0 Å². The molecule has 10 heteroatoms. The Bertz CT molecular complexity index is 1060. The number of hydrogen-bond donors (Lipinski definition) is 1. The molecule has 1 aromatic carbocycles. The predicted octanol–water partition coefficient (Wildman–Crippen LogP) is 3.45. The van der Waals surface area contributed by atoms with Crippen molar-refractivity contribution >= 4 is 34.1 Å². The molecule has 0 amide bonds. The zero-order chi connectivity index (χ0) is 22.5. The van der Waals surface area contributed by atoms with E-state index in [0.717, 1.165) is 36.6 Å². The summed E-state index contributed by atoms with van der Waals surface area (Å²) in [5.41, 5.74) is 0.958. The van der Waals surface area contributed by atoms with E-state index in [4.69, 9.17) is 4.74 Å². The van der Waals surface area contributed by atoms with E-state index < -0.39 is 0 Å². The average molecular weight is 454 g/mol. The SMILES string of the molecule is CCC(=O)Cc1ccc(Oc2nc(Nc3ncc(C)s3)nc(N3CCN(C)CC3)n2)cc1. The lowest BCUT2D eigenvalue weighted by molar-refractivity contribution is -0.118. The van der Waals surface area contributed by atoms with Crippen LogP contribution in [-0.4, -0.2) is 63.8 Å². The average Bonchev–Trinajstić information content (AvgIpc) is 3.19. The molecule has 1 saturated heterocycles. The molecule has 0 aliphatic carbocycles. The highest BCUT2D eigenvalue weighted by Gasteiger charge is 2.19. The van der Waals surface area contributed by atoms with Crippen molar-refractivity contribution in [1.29, 1.82) is 0 Å². The van der Waals surface area contributed by atoms with Crippen LogP contribution in [0.5, 0.6) is 11.8 Å². The van der Waals surface area contributed by atoms with Crippen LogP contribution >= 0.6 is 11.3 Å². The molecule has 1 fully saturated rings. The maximum atomic E-state index is 11.7. The number of anilines is 3. The Morgan fingerprint density at radius 3 is 2.53 bits per heavy atom. The lowest BCUT2D eigenvalue weighted by atomic mass is 10.1. The van der Waals surface area contributed by atoms with Gasteiger partial charge in [0.2, 0.25) is 11.9 Å². The number of ketones is 1. The summed E-state index contributed by atoms with van der Waals surface area (Å²) in [6.07, 6.45) is 2.77. The summed E-state index contributed by atoms with van der Waals surface area (Å²) in [4.78, 5) is 35.1. The van der Waals surface area contributed by atoms with Crippen LogP contribution in [0.2, 0.25) is 0 Å². The molecule has 168 valence electrons. The van der Waals surface area contributed by atoms with Crippen molar-refractivity contribution in [1.82, 2.24) is 24.8 Å². The first-order chi connectivity index (χ1) is 15.5. The molecule has 3 aromatic rings. The molecular weight excluding hydrogens is 426 g/mol. The summed E-state index contributed by atoms with van der Waals surface area (Å²) < 4.78 is 5.96. The molecule has 0 radical (unpaired) electrons. The van der Waals surface area contributed by atoms with Gasteiger partial charge in [-0.15, -0.1) is 11.3 Å². The summed E-state index contributed by atoms with van der Waals surface area (Å²) in [6.45, 7) is 7.41. The summed E-state index contributed by atoms with van der Waals surface area (Å²) in [5.74, 6) is 1.78. The highest BCUT2D eigenvalue weighted by Crippen LogP contribution is 2.25. The van der Waals surface area contributed by atoms with E-state index in [-0.39, 0.29) is 11.8 Å². The van der Waals surface area contributed by atoms with Gasteiger partial charge in [0.25, 0.3) is 0 Å². The van der Waals surface area contributed by atoms with Crippen LogP contribution in [0.1, 0.15) is 23.8 Å².